The molecule has 0 radical (unpaired) electrons. The van der Waals surface area contributed by atoms with Crippen LogP contribution < -0.4 is 36.6 Å². The van der Waals surface area contributed by atoms with Crippen molar-refractivity contribution in [3.63, 3.8) is 0 Å². The van der Waals surface area contributed by atoms with E-state index in [9.17, 15) is 40.8 Å². The molecule has 1 saturated carbocycles. The highest BCUT2D eigenvalue weighted by Crippen LogP contribution is 2.11. The van der Waals surface area contributed by atoms with Gasteiger partial charge < -0.3 is 31.9 Å². The van der Waals surface area contributed by atoms with Crippen LogP contribution in [-0.4, -0.2) is 129 Å². The Labute approximate surface area is 317 Å². The Balaban J connectivity index is 0.000000303. The summed E-state index contributed by atoms with van der Waals surface area (Å²) in [6.07, 6.45) is 16.8. The van der Waals surface area contributed by atoms with E-state index in [4.69, 9.17) is 0 Å². The smallest absolute Gasteiger partial charge is 0.234 e. The molecule has 8 aliphatic rings. The molecule has 7 N–H and O–H groups in total. The maximum atomic E-state index is 10.6. The van der Waals surface area contributed by atoms with Crippen molar-refractivity contribution >= 4 is 49.1 Å². The van der Waals surface area contributed by atoms with Crippen LogP contribution in [0.3, 0.4) is 0 Å². The molecule has 0 bridgehead atoms. The molecule has 18 heteroatoms. The van der Waals surface area contributed by atoms with Gasteiger partial charge in [-0.05, 0) is 83.8 Å². The summed E-state index contributed by atoms with van der Waals surface area (Å²) in [5, 5.41) is 17.4. The Kier molecular flexibility index (Phi) is 28.2. The first kappa shape index (κ1) is 48.5. The van der Waals surface area contributed by atoms with E-state index in [1.165, 1.54) is 32.4 Å². The highest BCUT2D eigenvalue weighted by Gasteiger charge is 2.16. The quantitative estimate of drug-likeness (QED) is 0.175. The molecule has 0 aromatic carbocycles. The lowest BCUT2D eigenvalue weighted by Gasteiger charge is -2.11. The molecular formula is C35H67N7O9S2. The van der Waals surface area contributed by atoms with Crippen LogP contribution in [0.5, 0.6) is 0 Å². The van der Waals surface area contributed by atoms with Gasteiger partial charge in [-0.3, -0.25) is 24.0 Å². The third-order valence-corrected chi connectivity index (χ3v) is 11.8. The Morgan fingerprint density at radius 1 is 0.358 bits per heavy atom. The molecule has 16 nitrogen and oxygen atoms in total. The summed E-state index contributed by atoms with van der Waals surface area (Å²) in [6.45, 7) is 8.98. The van der Waals surface area contributed by atoms with Crippen LogP contribution in [-0.2, 0) is 43.8 Å². The molecule has 7 heterocycles. The van der Waals surface area contributed by atoms with Gasteiger partial charge >= 0.3 is 0 Å². The van der Waals surface area contributed by atoms with E-state index in [1.54, 1.807) is 0 Å². The van der Waals surface area contributed by atoms with Gasteiger partial charge in [0.15, 0.2) is 0 Å². The van der Waals surface area contributed by atoms with Crippen LogP contribution in [0.15, 0.2) is 0 Å². The molecule has 53 heavy (non-hydrogen) atoms. The van der Waals surface area contributed by atoms with Gasteiger partial charge in [0.2, 0.25) is 27.7 Å². The highest BCUT2D eigenvalue weighted by atomic mass is 32.2. The Hall–Kier alpha value is -2.51. The molecule has 0 aromatic rings. The minimum absolute atomic E-state index is 0.103. The largest absolute Gasteiger partial charge is 0.356 e. The molecule has 7 aliphatic heterocycles. The fraction of sp³-hybridized carbons (Fsp3) is 0.857. The first-order valence-electron chi connectivity index (χ1n) is 19.5. The SMILES string of the molecule is C1CCNCC1.O=C1CCCC1.O=C1CCCN1.O=C1CCCN1.O=C1CCCNCC1.O=C1CNCCN1.O=S1(=O)CCCC1.O=S1(=O)CCCN1. The summed E-state index contributed by atoms with van der Waals surface area (Å²) in [6, 6.07) is 0. The topological polar surface area (TPSA) is 238 Å². The monoisotopic (exact) mass is 793 g/mol. The van der Waals surface area contributed by atoms with E-state index in [0.717, 1.165) is 129 Å². The second kappa shape index (κ2) is 30.8. The number of carbonyl (C=O) groups excluding carboxylic acids is 5. The zero-order valence-corrected chi connectivity index (χ0v) is 33.3. The zero-order valence-electron chi connectivity index (χ0n) is 31.7. The van der Waals surface area contributed by atoms with Crippen molar-refractivity contribution in [3.05, 3.63) is 0 Å². The van der Waals surface area contributed by atoms with Crippen molar-refractivity contribution in [1.82, 2.24) is 36.6 Å². The van der Waals surface area contributed by atoms with E-state index in [-0.39, 0.29) is 17.7 Å². The van der Waals surface area contributed by atoms with Crippen molar-refractivity contribution in [2.24, 2.45) is 0 Å². The maximum absolute atomic E-state index is 10.6. The minimum atomic E-state index is -2.80. The Morgan fingerprint density at radius 2 is 0.868 bits per heavy atom. The number of sulfonamides is 1. The van der Waals surface area contributed by atoms with Crippen molar-refractivity contribution in [1.29, 1.82) is 0 Å². The van der Waals surface area contributed by atoms with Crippen LogP contribution >= 0.6 is 0 Å². The molecule has 308 valence electrons. The summed E-state index contributed by atoms with van der Waals surface area (Å²) in [5.74, 6) is 2.54. The van der Waals surface area contributed by atoms with E-state index >= 15 is 0 Å². The number of rotatable bonds is 0. The number of Topliss-reactive ketones (excluding diaryl/α,β-unsaturated/α-hetero) is 2. The van der Waals surface area contributed by atoms with Crippen LogP contribution in [0, 0.1) is 0 Å². The predicted octanol–water partition coefficient (Wildman–Crippen LogP) is 0.222. The zero-order chi connectivity index (χ0) is 39.0. The fourth-order valence-corrected chi connectivity index (χ4v) is 8.07. The number of sulfone groups is 1. The predicted molar refractivity (Wildman–Crippen MR) is 207 cm³/mol. The highest BCUT2D eigenvalue weighted by molar-refractivity contribution is 7.91. The normalized spacial score (nSPS) is 23.7. The second-order valence-electron chi connectivity index (χ2n) is 13.6. The van der Waals surface area contributed by atoms with Crippen LogP contribution in [0.25, 0.3) is 0 Å². The van der Waals surface area contributed by atoms with E-state index < -0.39 is 19.9 Å². The number of ketones is 2. The van der Waals surface area contributed by atoms with Crippen LogP contribution in [0.4, 0.5) is 0 Å². The first-order valence-corrected chi connectivity index (χ1v) is 23.0. The number of carbonyl (C=O) groups is 5. The Bertz CT molecular complexity index is 1120. The van der Waals surface area contributed by atoms with Gasteiger partial charge in [-0.25, -0.2) is 21.6 Å². The van der Waals surface area contributed by atoms with E-state index in [2.05, 4.69) is 36.6 Å². The minimum Gasteiger partial charge on any atom is -0.356 e. The molecular weight excluding hydrogens is 727 g/mol. The van der Waals surface area contributed by atoms with Gasteiger partial charge in [0, 0.05) is 77.8 Å². The number of hydrogen-bond donors (Lipinski definition) is 7. The maximum Gasteiger partial charge on any atom is 0.234 e. The third kappa shape index (κ3) is 31.5. The van der Waals surface area contributed by atoms with Crippen molar-refractivity contribution in [2.45, 2.75) is 109 Å². The first-order chi connectivity index (χ1) is 25.4. The summed E-state index contributed by atoms with van der Waals surface area (Å²) < 4.78 is 43.9. The lowest BCUT2D eigenvalue weighted by Crippen LogP contribution is -2.44. The molecule has 0 aromatic heterocycles. The van der Waals surface area contributed by atoms with Crippen LogP contribution in [0.2, 0.25) is 0 Å². The third-order valence-electron chi connectivity index (χ3n) is 8.55. The summed E-state index contributed by atoms with van der Waals surface area (Å²) >= 11 is 0. The van der Waals surface area contributed by atoms with Gasteiger partial charge in [0.25, 0.3) is 0 Å². The number of piperidine rings is 1. The summed E-state index contributed by atoms with van der Waals surface area (Å²) in [5.41, 5.74) is 0. The molecule has 3 amide bonds. The lowest BCUT2D eigenvalue weighted by atomic mass is 10.2. The fourth-order valence-electron chi connectivity index (χ4n) is 5.45. The number of nitrogens with one attached hydrogen (secondary N) is 7. The van der Waals surface area contributed by atoms with Crippen LogP contribution in [0.1, 0.15) is 109 Å². The molecule has 0 atom stereocenters. The number of amides is 3. The molecule has 8 rings (SSSR count). The van der Waals surface area contributed by atoms with E-state index in [0.29, 0.717) is 41.9 Å². The Morgan fingerprint density at radius 3 is 1.13 bits per heavy atom. The molecule has 0 unspecified atom stereocenters. The molecule has 1 aliphatic carbocycles. The van der Waals surface area contributed by atoms with Crippen molar-refractivity contribution in [3.8, 4) is 0 Å². The number of hydrogen-bond acceptors (Lipinski definition) is 12. The van der Waals surface area contributed by atoms with Gasteiger partial charge in [-0.15, -0.1) is 0 Å². The average Bonchev–Trinajstić information content (AvgIpc) is 4.01. The van der Waals surface area contributed by atoms with E-state index in [1.807, 2.05) is 0 Å². The molecule has 8 fully saturated rings. The number of piperazine rings is 1. The van der Waals surface area contributed by atoms with Gasteiger partial charge in [-0.1, -0.05) is 6.42 Å². The lowest BCUT2D eigenvalue weighted by molar-refractivity contribution is -0.121. The average molecular weight is 794 g/mol. The standard InChI is InChI=1S/C6H11NO.C5H11N.C5H8O.C4H8N2O.2C4H7NO.C4H8O2S.C3H7NO2S/c8-6-2-1-4-7-5-3-6;1-2-4-6-5-3-1;6-5-3-1-2-4-5;7-4-3-5-1-2-6-4;2*6-4-2-1-3-5-4;2*5-7(6)3-1-2-4-7/h7H,1-5H2;6H,1-5H2;1-4H2;5H,1-3H2,(H,6,7);2*1-3H2,(H,5,6);1-4H2;4H,1-3H2. The summed E-state index contributed by atoms with van der Waals surface area (Å²) in [7, 11) is -5.34. The van der Waals surface area contributed by atoms with Gasteiger partial charge in [0.1, 0.15) is 21.4 Å². The van der Waals surface area contributed by atoms with Crippen molar-refractivity contribution in [2.75, 3.05) is 82.7 Å². The molecule has 0 spiro atoms. The van der Waals surface area contributed by atoms with Crippen molar-refractivity contribution < 1.29 is 40.8 Å². The van der Waals surface area contributed by atoms with Gasteiger partial charge in [-0.2, -0.15) is 0 Å². The second-order valence-corrected chi connectivity index (χ2v) is 17.8. The summed E-state index contributed by atoms with van der Waals surface area (Å²) in [4.78, 5) is 51.4. The van der Waals surface area contributed by atoms with Gasteiger partial charge in [0.05, 0.1) is 23.8 Å². The molecule has 7 saturated heterocycles.